The van der Waals surface area contributed by atoms with Gasteiger partial charge in [0.1, 0.15) is 6.10 Å². The fourth-order valence-electron chi connectivity index (χ4n) is 2.40. The van der Waals surface area contributed by atoms with Gasteiger partial charge in [0, 0.05) is 13.0 Å². The summed E-state index contributed by atoms with van der Waals surface area (Å²) in [6, 6.07) is 0. The van der Waals surface area contributed by atoms with Crippen LogP contribution in [0.25, 0.3) is 0 Å². The Morgan fingerprint density at radius 2 is 2.04 bits per heavy atom. The molecule has 1 heterocycles. The predicted molar refractivity (Wildman–Crippen MR) is 108 cm³/mol. The molecule has 0 saturated carbocycles. The minimum absolute atomic E-state index is 0.125. The summed E-state index contributed by atoms with van der Waals surface area (Å²) >= 11 is 2.27. The van der Waals surface area contributed by atoms with Crippen molar-refractivity contribution in [3.05, 3.63) is 10.2 Å². The molecule has 1 aliphatic rings. The molecule has 25 heavy (non-hydrogen) atoms. The molecule has 0 aromatic carbocycles. The SMILES string of the molecule is C=C(I)C[C@H](C)CCC1(C#CC#CC(C)OCCCO)OCCCO1. The maximum Gasteiger partial charge on any atom is 0.234 e. The highest BCUT2D eigenvalue weighted by atomic mass is 127. The second-order valence-electron chi connectivity index (χ2n) is 6.28. The van der Waals surface area contributed by atoms with E-state index in [9.17, 15) is 0 Å². The van der Waals surface area contributed by atoms with Crippen LogP contribution in [0.5, 0.6) is 0 Å². The summed E-state index contributed by atoms with van der Waals surface area (Å²) in [7, 11) is 0. The highest BCUT2D eigenvalue weighted by Gasteiger charge is 2.33. The van der Waals surface area contributed by atoms with Crippen LogP contribution in [0.4, 0.5) is 0 Å². The molecule has 4 nitrogen and oxygen atoms in total. The van der Waals surface area contributed by atoms with Crippen LogP contribution < -0.4 is 0 Å². The molecule has 140 valence electrons. The van der Waals surface area contributed by atoms with E-state index in [-0.39, 0.29) is 12.7 Å². The van der Waals surface area contributed by atoms with E-state index >= 15 is 0 Å². The third kappa shape index (κ3) is 10.2. The molecule has 5 heteroatoms. The Bertz CT molecular complexity index is 517. The van der Waals surface area contributed by atoms with Gasteiger partial charge in [-0.1, -0.05) is 19.4 Å². The number of aliphatic hydroxyl groups excluding tert-OH is 1. The molecular formula is C20H29IO4. The van der Waals surface area contributed by atoms with Gasteiger partial charge < -0.3 is 19.3 Å². The van der Waals surface area contributed by atoms with Gasteiger partial charge in [-0.25, -0.2) is 0 Å². The molecule has 1 aliphatic heterocycles. The first-order chi connectivity index (χ1) is 12.0. The van der Waals surface area contributed by atoms with E-state index in [0.29, 0.717) is 32.2 Å². The van der Waals surface area contributed by atoms with Gasteiger partial charge in [0.05, 0.1) is 19.8 Å². The number of halogens is 1. The van der Waals surface area contributed by atoms with Crippen LogP contribution in [0.2, 0.25) is 0 Å². The maximum absolute atomic E-state index is 8.73. The zero-order valence-corrected chi connectivity index (χ0v) is 17.4. The zero-order valence-electron chi connectivity index (χ0n) is 15.3. The molecule has 1 saturated heterocycles. The number of allylic oxidation sites excluding steroid dienone is 1. The van der Waals surface area contributed by atoms with Gasteiger partial charge in [-0.3, -0.25) is 0 Å². The third-order valence-electron chi connectivity index (χ3n) is 3.76. The van der Waals surface area contributed by atoms with E-state index in [2.05, 4.69) is 59.8 Å². The van der Waals surface area contributed by atoms with Crippen molar-refractivity contribution in [2.75, 3.05) is 26.4 Å². The number of rotatable bonds is 9. The summed E-state index contributed by atoms with van der Waals surface area (Å²) in [4.78, 5) is 0. The molecule has 0 aromatic rings. The molecule has 0 radical (unpaired) electrons. The number of ether oxygens (including phenoxy) is 3. The second kappa shape index (κ2) is 12.7. The molecule has 0 aliphatic carbocycles. The lowest BCUT2D eigenvalue weighted by Gasteiger charge is -2.33. The normalized spacial score (nSPS) is 18.2. The summed E-state index contributed by atoms with van der Waals surface area (Å²) in [6.45, 7) is 9.99. The summed E-state index contributed by atoms with van der Waals surface area (Å²) in [6.07, 6.45) is 3.99. The Kier molecular flexibility index (Phi) is 11.4. The lowest BCUT2D eigenvalue weighted by atomic mass is 9.97. The van der Waals surface area contributed by atoms with Crippen molar-refractivity contribution in [2.24, 2.45) is 5.92 Å². The molecule has 0 spiro atoms. The number of aliphatic hydroxyl groups is 1. The lowest BCUT2D eigenvalue weighted by Crippen LogP contribution is -2.39. The smallest absolute Gasteiger partial charge is 0.234 e. The molecule has 1 rings (SSSR count). The molecule has 1 N–H and O–H groups in total. The summed E-state index contributed by atoms with van der Waals surface area (Å²) in [5.74, 6) is 11.4. The van der Waals surface area contributed by atoms with Crippen LogP contribution in [-0.2, 0) is 14.2 Å². The van der Waals surface area contributed by atoms with E-state index < -0.39 is 5.79 Å². The summed E-state index contributed by atoms with van der Waals surface area (Å²) < 4.78 is 18.3. The molecule has 0 amide bonds. The zero-order chi connectivity index (χ0) is 18.5. The van der Waals surface area contributed by atoms with Gasteiger partial charge >= 0.3 is 0 Å². The van der Waals surface area contributed by atoms with Crippen LogP contribution >= 0.6 is 22.6 Å². The molecule has 2 atom stereocenters. The number of hydrogen-bond acceptors (Lipinski definition) is 4. The van der Waals surface area contributed by atoms with Crippen LogP contribution in [0.15, 0.2) is 10.2 Å². The van der Waals surface area contributed by atoms with Gasteiger partial charge in [0.25, 0.3) is 0 Å². The highest BCUT2D eigenvalue weighted by Crippen LogP contribution is 2.28. The third-order valence-corrected chi connectivity index (χ3v) is 4.20. The highest BCUT2D eigenvalue weighted by molar-refractivity contribution is 14.1. The Balaban J connectivity index is 2.60. The fraction of sp³-hybridized carbons (Fsp3) is 0.700. The van der Waals surface area contributed by atoms with Crippen molar-refractivity contribution >= 4 is 22.6 Å². The molecular weight excluding hydrogens is 431 g/mol. The Morgan fingerprint density at radius 1 is 1.32 bits per heavy atom. The second-order valence-corrected chi connectivity index (χ2v) is 7.80. The molecule has 1 fully saturated rings. The van der Waals surface area contributed by atoms with Crippen LogP contribution in [0, 0.1) is 29.6 Å². The average molecular weight is 460 g/mol. The lowest BCUT2D eigenvalue weighted by molar-refractivity contribution is -0.234. The maximum atomic E-state index is 8.73. The van der Waals surface area contributed by atoms with Crippen molar-refractivity contribution in [1.29, 1.82) is 0 Å². The first-order valence-electron chi connectivity index (χ1n) is 8.84. The van der Waals surface area contributed by atoms with Crippen molar-refractivity contribution in [3.8, 4) is 23.7 Å². The number of hydrogen-bond donors (Lipinski definition) is 1. The van der Waals surface area contributed by atoms with Crippen molar-refractivity contribution in [1.82, 2.24) is 0 Å². The van der Waals surface area contributed by atoms with E-state index in [1.54, 1.807) is 0 Å². The predicted octanol–water partition coefficient (Wildman–Crippen LogP) is 3.67. The topological polar surface area (TPSA) is 47.9 Å². The summed E-state index contributed by atoms with van der Waals surface area (Å²) in [5.41, 5.74) is 0. The monoisotopic (exact) mass is 460 g/mol. The Hall–Kier alpha value is -0.570. The van der Waals surface area contributed by atoms with Gasteiger partial charge in [-0.05, 0) is 82.5 Å². The molecule has 0 bridgehead atoms. The first kappa shape index (κ1) is 22.5. The van der Waals surface area contributed by atoms with Gasteiger partial charge in [-0.2, -0.15) is 0 Å². The van der Waals surface area contributed by atoms with E-state index in [4.69, 9.17) is 19.3 Å². The van der Waals surface area contributed by atoms with Crippen molar-refractivity contribution in [3.63, 3.8) is 0 Å². The quantitative estimate of drug-likeness (QED) is 0.324. The average Bonchev–Trinajstić information content (AvgIpc) is 2.58. The van der Waals surface area contributed by atoms with Gasteiger partial charge in [0.15, 0.2) is 0 Å². The first-order valence-corrected chi connectivity index (χ1v) is 9.91. The standard InChI is InChI=1S/C20H29IO4/c1-17(16-18(2)21)9-11-20(24-14-7-15-25-20)10-5-4-8-19(3)23-13-6-12-22/h17,19,22H,2,6-7,9,11-16H2,1,3H3/t17-,19?/m1/s1. The van der Waals surface area contributed by atoms with Crippen molar-refractivity contribution in [2.45, 2.75) is 57.8 Å². The van der Waals surface area contributed by atoms with Crippen LogP contribution in [0.1, 0.15) is 46.0 Å². The van der Waals surface area contributed by atoms with Gasteiger partial charge in [-0.15, -0.1) is 0 Å². The van der Waals surface area contributed by atoms with Crippen molar-refractivity contribution < 1.29 is 19.3 Å². The Labute approximate surface area is 165 Å². The fourth-order valence-corrected chi connectivity index (χ4v) is 3.15. The van der Waals surface area contributed by atoms with E-state index in [0.717, 1.165) is 29.3 Å². The van der Waals surface area contributed by atoms with Crippen LogP contribution in [0.3, 0.4) is 0 Å². The van der Waals surface area contributed by atoms with E-state index in [1.165, 1.54) is 0 Å². The molecule has 1 unspecified atom stereocenters. The Morgan fingerprint density at radius 3 is 2.68 bits per heavy atom. The minimum Gasteiger partial charge on any atom is -0.396 e. The molecule has 0 aromatic heterocycles. The van der Waals surface area contributed by atoms with E-state index in [1.807, 2.05) is 6.92 Å². The largest absolute Gasteiger partial charge is 0.396 e. The minimum atomic E-state index is -0.839. The summed E-state index contributed by atoms with van der Waals surface area (Å²) in [5, 5.41) is 8.73. The van der Waals surface area contributed by atoms with Gasteiger partial charge in [0.2, 0.25) is 5.79 Å². The van der Waals surface area contributed by atoms with Crippen LogP contribution in [-0.4, -0.2) is 43.4 Å².